The normalized spacial score (nSPS) is 11.8. The molecule has 0 aliphatic heterocycles. The SMILES string of the molecule is N#Cc1c(N)n(Cc2ccccc2C(F)(F)F)c2nc3ccccc3nc12. The number of nitrogens with two attached hydrogens (primary N) is 1. The molecule has 4 aromatic rings. The number of alkyl halides is 3. The van der Waals surface area contributed by atoms with Crippen LogP contribution in [0.1, 0.15) is 16.7 Å². The van der Waals surface area contributed by atoms with E-state index in [0.29, 0.717) is 11.0 Å². The molecule has 0 atom stereocenters. The third-order valence-corrected chi connectivity index (χ3v) is 4.35. The molecule has 4 rings (SSSR count). The number of nitrogen functional groups attached to an aromatic ring is 1. The smallest absolute Gasteiger partial charge is 0.384 e. The van der Waals surface area contributed by atoms with Gasteiger partial charge in [0.15, 0.2) is 5.65 Å². The number of anilines is 1. The van der Waals surface area contributed by atoms with Crippen molar-refractivity contribution < 1.29 is 13.2 Å². The third-order valence-electron chi connectivity index (χ3n) is 4.35. The maximum absolute atomic E-state index is 13.3. The molecular formula is C19H12F3N5. The van der Waals surface area contributed by atoms with Gasteiger partial charge < -0.3 is 10.3 Å². The molecule has 0 amide bonds. The van der Waals surface area contributed by atoms with Crippen LogP contribution in [0.3, 0.4) is 0 Å². The quantitative estimate of drug-likeness (QED) is 0.578. The van der Waals surface area contributed by atoms with Crippen molar-refractivity contribution >= 4 is 28.0 Å². The number of fused-ring (bicyclic) bond motifs is 2. The molecule has 2 heterocycles. The lowest BCUT2D eigenvalue weighted by atomic mass is 10.1. The lowest BCUT2D eigenvalue weighted by Gasteiger charge is -2.14. The van der Waals surface area contributed by atoms with Crippen LogP contribution < -0.4 is 5.73 Å². The number of halogens is 3. The van der Waals surface area contributed by atoms with Crippen molar-refractivity contribution in [3.63, 3.8) is 0 Å². The molecule has 2 aromatic carbocycles. The highest BCUT2D eigenvalue weighted by Gasteiger charge is 2.33. The van der Waals surface area contributed by atoms with Gasteiger partial charge in [0.05, 0.1) is 23.1 Å². The van der Waals surface area contributed by atoms with Gasteiger partial charge >= 0.3 is 6.18 Å². The highest BCUT2D eigenvalue weighted by molar-refractivity contribution is 5.92. The molecule has 2 N–H and O–H groups in total. The molecule has 0 radical (unpaired) electrons. The molecule has 0 saturated heterocycles. The first-order valence-electron chi connectivity index (χ1n) is 8.00. The highest BCUT2D eigenvalue weighted by atomic mass is 19.4. The second-order valence-electron chi connectivity index (χ2n) is 6.00. The largest absolute Gasteiger partial charge is 0.416 e. The summed E-state index contributed by atoms with van der Waals surface area (Å²) in [7, 11) is 0. The van der Waals surface area contributed by atoms with Crippen molar-refractivity contribution in [2.45, 2.75) is 12.7 Å². The van der Waals surface area contributed by atoms with Gasteiger partial charge in [-0.1, -0.05) is 30.3 Å². The maximum atomic E-state index is 13.3. The zero-order valence-corrected chi connectivity index (χ0v) is 13.8. The van der Waals surface area contributed by atoms with Gasteiger partial charge in [0.2, 0.25) is 0 Å². The van der Waals surface area contributed by atoms with Gasteiger partial charge in [0, 0.05) is 0 Å². The van der Waals surface area contributed by atoms with Crippen LogP contribution in [0.25, 0.3) is 22.2 Å². The molecule has 27 heavy (non-hydrogen) atoms. The number of rotatable bonds is 2. The Morgan fingerprint density at radius 2 is 1.63 bits per heavy atom. The zero-order chi connectivity index (χ0) is 19.2. The molecule has 8 heteroatoms. The molecule has 2 aromatic heterocycles. The average molecular weight is 367 g/mol. The number of hydrogen-bond donors (Lipinski definition) is 1. The summed E-state index contributed by atoms with van der Waals surface area (Å²) in [5, 5.41) is 9.46. The van der Waals surface area contributed by atoms with Crippen LogP contribution in [-0.4, -0.2) is 14.5 Å². The number of nitriles is 1. The Balaban J connectivity index is 1.97. The Hall–Kier alpha value is -3.60. The fourth-order valence-corrected chi connectivity index (χ4v) is 3.09. The zero-order valence-electron chi connectivity index (χ0n) is 13.8. The van der Waals surface area contributed by atoms with Crippen LogP contribution in [0.4, 0.5) is 19.0 Å². The number of benzene rings is 2. The van der Waals surface area contributed by atoms with Crippen LogP contribution in [0.2, 0.25) is 0 Å². The van der Waals surface area contributed by atoms with E-state index in [9.17, 15) is 18.4 Å². The summed E-state index contributed by atoms with van der Waals surface area (Å²) in [6.45, 7) is -0.174. The first-order chi connectivity index (χ1) is 12.9. The molecule has 0 aliphatic carbocycles. The van der Waals surface area contributed by atoms with E-state index in [1.165, 1.54) is 22.8 Å². The van der Waals surface area contributed by atoms with Gasteiger partial charge in [-0.25, -0.2) is 9.97 Å². The summed E-state index contributed by atoms with van der Waals surface area (Å²) in [4.78, 5) is 8.92. The van der Waals surface area contributed by atoms with E-state index in [4.69, 9.17) is 5.73 Å². The Bertz CT molecular complexity index is 1220. The summed E-state index contributed by atoms with van der Waals surface area (Å²) >= 11 is 0. The standard InChI is InChI=1S/C19H12F3N5/c20-19(21,22)13-6-2-1-5-11(13)10-27-17(24)12(9-23)16-18(27)26-15-8-4-3-7-14(15)25-16/h1-8H,10,24H2. The van der Waals surface area contributed by atoms with Crippen LogP contribution in [0, 0.1) is 11.3 Å². The molecule has 0 fully saturated rings. The minimum atomic E-state index is -4.50. The van der Waals surface area contributed by atoms with E-state index in [-0.39, 0.29) is 34.7 Å². The first-order valence-corrected chi connectivity index (χ1v) is 8.00. The molecule has 0 spiro atoms. The number of nitrogens with zero attached hydrogens (tertiary/aromatic N) is 4. The number of hydrogen-bond acceptors (Lipinski definition) is 4. The maximum Gasteiger partial charge on any atom is 0.416 e. The minimum absolute atomic E-state index is 0.0352. The predicted molar refractivity (Wildman–Crippen MR) is 94.7 cm³/mol. The van der Waals surface area contributed by atoms with Crippen molar-refractivity contribution in [2.24, 2.45) is 0 Å². The van der Waals surface area contributed by atoms with Gasteiger partial charge in [-0.15, -0.1) is 0 Å². The van der Waals surface area contributed by atoms with Gasteiger partial charge in [-0.2, -0.15) is 18.4 Å². The van der Waals surface area contributed by atoms with E-state index in [0.717, 1.165) is 6.07 Å². The van der Waals surface area contributed by atoms with Crippen molar-refractivity contribution in [1.29, 1.82) is 5.26 Å². The molecule has 0 bridgehead atoms. The molecule has 0 saturated carbocycles. The Labute approximate surface area is 151 Å². The third kappa shape index (κ3) is 2.73. The topological polar surface area (TPSA) is 80.5 Å². The predicted octanol–water partition coefficient (Wildman–Crippen LogP) is 4.11. The van der Waals surface area contributed by atoms with E-state index in [1.54, 1.807) is 24.3 Å². The van der Waals surface area contributed by atoms with E-state index in [1.807, 2.05) is 6.07 Å². The van der Waals surface area contributed by atoms with Crippen molar-refractivity contribution in [3.8, 4) is 6.07 Å². The molecular weight excluding hydrogens is 355 g/mol. The van der Waals surface area contributed by atoms with Crippen LogP contribution >= 0.6 is 0 Å². The van der Waals surface area contributed by atoms with Gasteiger partial charge in [0.25, 0.3) is 0 Å². The Morgan fingerprint density at radius 3 is 2.30 bits per heavy atom. The van der Waals surface area contributed by atoms with Gasteiger partial charge in [-0.05, 0) is 23.8 Å². The van der Waals surface area contributed by atoms with Crippen LogP contribution in [-0.2, 0) is 12.7 Å². The molecule has 134 valence electrons. The minimum Gasteiger partial charge on any atom is -0.384 e. The van der Waals surface area contributed by atoms with Crippen LogP contribution in [0.5, 0.6) is 0 Å². The van der Waals surface area contributed by atoms with E-state index >= 15 is 0 Å². The molecule has 5 nitrogen and oxygen atoms in total. The highest BCUT2D eigenvalue weighted by Crippen LogP contribution is 2.34. The lowest BCUT2D eigenvalue weighted by Crippen LogP contribution is -2.13. The fraction of sp³-hybridized carbons (Fsp3) is 0.105. The lowest BCUT2D eigenvalue weighted by molar-refractivity contribution is -0.138. The molecule has 0 aliphatic rings. The van der Waals surface area contributed by atoms with E-state index < -0.39 is 11.7 Å². The fourth-order valence-electron chi connectivity index (χ4n) is 3.09. The summed E-state index contributed by atoms with van der Waals surface area (Å²) in [5.41, 5.74) is 7.16. The van der Waals surface area contributed by atoms with E-state index in [2.05, 4.69) is 9.97 Å². The summed E-state index contributed by atoms with van der Waals surface area (Å²) in [6.07, 6.45) is -4.50. The monoisotopic (exact) mass is 367 g/mol. The van der Waals surface area contributed by atoms with Crippen molar-refractivity contribution in [3.05, 3.63) is 65.2 Å². The average Bonchev–Trinajstić information content (AvgIpc) is 2.90. The summed E-state index contributed by atoms with van der Waals surface area (Å²) < 4.78 is 41.4. The van der Waals surface area contributed by atoms with Gasteiger partial charge in [-0.3, -0.25) is 0 Å². The van der Waals surface area contributed by atoms with Crippen molar-refractivity contribution in [2.75, 3.05) is 5.73 Å². The first kappa shape index (κ1) is 16.8. The summed E-state index contributed by atoms with van der Waals surface area (Å²) in [5.74, 6) is 0.0415. The van der Waals surface area contributed by atoms with Crippen molar-refractivity contribution in [1.82, 2.24) is 14.5 Å². The number of aromatic nitrogens is 3. The summed E-state index contributed by atoms with van der Waals surface area (Å²) in [6, 6.07) is 14.3. The Kier molecular flexibility index (Phi) is 3.73. The second kappa shape index (κ2) is 5.99. The second-order valence-corrected chi connectivity index (χ2v) is 6.00. The molecule has 0 unspecified atom stereocenters. The Morgan fingerprint density at radius 1 is 1.00 bits per heavy atom. The number of para-hydroxylation sites is 2. The van der Waals surface area contributed by atoms with Crippen LogP contribution in [0.15, 0.2) is 48.5 Å². The van der Waals surface area contributed by atoms with Gasteiger partial charge in [0.1, 0.15) is 23.0 Å².